The SMILES string of the molecule is C=C(F)/C(=C\C(C(C)=O)=C(/CC)CN)C1=c2c(N)noc2=C(c2cnn(CO[P+](=O)O)c2)CN1C. The van der Waals surface area contributed by atoms with Crippen molar-refractivity contribution in [1.29, 1.82) is 0 Å². The summed E-state index contributed by atoms with van der Waals surface area (Å²) in [5, 5.41) is 8.34. The zero-order valence-electron chi connectivity index (χ0n) is 19.6. The van der Waals surface area contributed by atoms with Crippen molar-refractivity contribution in [1.82, 2.24) is 19.8 Å². The molecule has 0 fully saturated rings. The molecular weight excluding hydrogens is 478 g/mol. The first-order chi connectivity index (χ1) is 16.6. The van der Waals surface area contributed by atoms with Crippen LogP contribution in [0.5, 0.6) is 0 Å². The first-order valence-electron chi connectivity index (χ1n) is 10.6. The lowest BCUT2D eigenvalue weighted by Crippen LogP contribution is -2.41. The number of aromatic nitrogens is 3. The van der Waals surface area contributed by atoms with Crippen LogP contribution in [-0.4, -0.2) is 50.7 Å². The molecule has 0 saturated carbocycles. The van der Waals surface area contributed by atoms with Crippen LogP contribution in [0, 0.1) is 0 Å². The number of carbonyl (C=O) groups is 1. The minimum Gasteiger partial charge on any atom is -0.380 e. The molecule has 1 atom stereocenters. The third kappa shape index (κ3) is 5.46. The Hall–Kier alpha value is -3.44. The Morgan fingerprint density at radius 2 is 2.20 bits per heavy atom. The van der Waals surface area contributed by atoms with Crippen LogP contribution in [-0.2, 0) is 20.6 Å². The zero-order chi connectivity index (χ0) is 25.9. The molecule has 0 bridgehead atoms. The quantitative estimate of drug-likeness (QED) is 0.241. The molecule has 1 unspecified atom stereocenters. The smallest absolute Gasteiger partial charge is 0.380 e. The molecule has 186 valence electrons. The summed E-state index contributed by atoms with van der Waals surface area (Å²) in [6.07, 6.45) is 5.09. The summed E-state index contributed by atoms with van der Waals surface area (Å²) < 4.78 is 37.2. The normalized spacial score (nSPS) is 15.2. The lowest BCUT2D eigenvalue weighted by molar-refractivity contribution is -0.113. The molecule has 11 nitrogen and oxygen atoms in total. The number of fused-ring (bicyclic) bond motifs is 1. The van der Waals surface area contributed by atoms with Gasteiger partial charge in [0.2, 0.25) is 0 Å². The van der Waals surface area contributed by atoms with Crippen LogP contribution in [0.2, 0.25) is 0 Å². The Bertz CT molecular complexity index is 1370. The predicted octanol–water partition coefficient (Wildman–Crippen LogP) is 0.994. The lowest BCUT2D eigenvalue weighted by Gasteiger charge is -2.27. The second-order valence-corrected chi connectivity index (χ2v) is 8.55. The van der Waals surface area contributed by atoms with E-state index in [1.54, 1.807) is 18.1 Å². The highest BCUT2D eigenvalue weighted by molar-refractivity contribution is 7.32. The minimum absolute atomic E-state index is 0.0297. The van der Waals surface area contributed by atoms with Gasteiger partial charge in [-0.3, -0.25) is 4.79 Å². The Labute approximate surface area is 201 Å². The van der Waals surface area contributed by atoms with Gasteiger partial charge in [0.05, 0.1) is 17.1 Å². The zero-order valence-corrected chi connectivity index (χ0v) is 20.5. The van der Waals surface area contributed by atoms with Gasteiger partial charge >= 0.3 is 8.25 Å². The maximum Gasteiger partial charge on any atom is 0.696 e. The van der Waals surface area contributed by atoms with E-state index in [1.807, 2.05) is 6.92 Å². The number of rotatable bonds is 10. The van der Waals surface area contributed by atoms with Crippen LogP contribution in [0.25, 0.3) is 11.3 Å². The number of allylic oxidation sites excluding steroid dienone is 2. The number of Topliss-reactive ketones (excluding diaryl/α,β-unsaturated/α-hetero) is 1. The van der Waals surface area contributed by atoms with Crippen LogP contribution in [0.1, 0.15) is 25.8 Å². The fourth-order valence-electron chi connectivity index (χ4n) is 3.89. The number of ketones is 1. The average Bonchev–Trinajstić information content (AvgIpc) is 3.42. The Morgan fingerprint density at radius 1 is 1.49 bits per heavy atom. The summed E-state index contributed by atoms with van der Waals surface area (Å²) in [7, 11) is -1.05. The van der Waals surface area contributed by atoms with Gasteiger partial charge in [0, 0.05) is 53.2 Å². The molecule has 3 heterocycles. The predicted molar refractivity (Wildman–Crippen MR) is 127 cm³/mol. The highest BCUT2D eigenvalue weighted by Gasteiger charge is 2.27. The first kappa shape index (κ1) is 26.2. The van der Waals surface area contributed by atoms with Crippen LogP contribution >= 0.6 is 8.25 Å². The molecule has 2 aromatic rings. The van der Waals surface area contributed by atoms with E-state index in [-0.39, 0.29) is 37.0 Å². The molecule has 35 heavy (non-hydrogen) atoms. The van der Waals surface area contributed by atoms with Gasteiger partial charge in [-0.2, -0.15) is 5.10 Å². The van der Waals surface area contributed by atoms with Crippen molar-refractivity contribution in [2.45, 2.75) is 27.0 Å². The van der Waals surface area contributed by atoms with Crippen molar-refractivity contribution in [3.8, 4) is 0 Å². The third-order valence-corrected chi connectivity index (χ3v) is 5.89. The van der Waals surface area contributed by atoms with Gasteiger partial charge < -0.3 is 20.9 Å². The lowest BCUT2D eigenvalue weighted by atomic mass is 9.95. The number of hydrogen-bond acceptors (Lipinski definition) is 9. The number of nitrogens with two attached hydrogens (primary N) is 2. The van der Waals surface area contributed by atoms with E-state index in [9.17, 15) is 13.8 Å². The Morgan fingerprint density at radius 3 is 2.77 bits per heavy atom. The van der Waals surface area contributed by atoms with Gasteiger partial charge in [0.25, 0.3) is 0 Å². The Balaban J connectivity index is 2.29. The molecule has 13 heteroatoms. The van der Waals surface area contributed by atoms with Crippen molar-refractivity contribution in [2.24, 2.45) is 5.73 Å². The molecule has 0 spiro atoms. The van der Waals surface area contributed by atoms with E-state index < -0.39 is 14.1 Å². The van der Waals surface area contributed by atoms with Gasteiger partial charge in [-0.15, -0.1) is 4.89 Å². The molecule has 0 radical (unpaired) electrons. The van der Waals surface area contributed by atoms with E-state index in [0.717, 1.165) is 0 Å². The van der Waals surface area contributed by atoms with Crippen LogP contribution in [0.4, 0.5) is 10.2 Å². The summed E-state index contributed by atoms with van der Waals surface area (Å²) in [6.45, 7) is 6.90. The molecule has 0 aromatic carbocycles. The molecular formula is C22H27FN6O5P+. The van der Waals surface area contributed by atoms with E-state index in [2.05, 4.69) is 21.4 Å². The fourth-order valence-corrected chi connectivity index (χ4v) is 4.11. The molecule has 0 saturated heterocycles. The average molecular weight is 505 g/mol. The summed E-state index contributed by atoms with van der Waals surface area (Å²) in [5.74, 6) is -0.992. The summed E-state index contributed by atoms with van der Waals surface area (Å²) in [4.78, 5) is 23.0. The van der Waals surface area contributed by atoms with Crippen molar-refractivity contribution in [3.05, 3.63) is 63.8 Å². The minimum atomic E-state index is -2.77. The van der Waals surface area contributed by atoms with E-state index in [4.69, 9.17) is 20.9 Å². The van der Waals surface area contributed by atoms with Crippen molar-refractivity contribution in [2.75, 3.05) is 25.9 Å². The number of halogens is 1. The monoisotopic (exact) mass is 505 g/mol. The number of nitrogens with zero attached hydrogens (tertiary/aromatic N) is 4. The standard InChI is InChI=1S/C22H26FN6O5P/c1-5-14(7-24)17(13(3)30)6-16(12(2)23)20-19-21(34-27-22(19)25)18(10-28(20)4)15-8-26-29(9-15)11-33-35(31)32/h6,8-9H,2,5,7,10-11,24H2,1,3-4H3,(H2-,25,27,31,32)/p+1/b16-6+,17-14-. The largest absolute Gasteiger partial charge is 0.696 e. The van der Waals surface area contributed by atoms with Crippen molar-refractivity contribution >= 4 is 31.1 Å². The van der Waals surface area contributed by atoms with Gasteiger partial charge in [0.15, 0.2) is 23.7 Å². The van der Waals surface area contributed by atoms with Crippen LogP contribution in [0.3, 0.4) is 0 Å². The third-order valence-electron chi connectivity index (χ3n) is 5.56. The van der Waals surface area contributed by atoms with E-state index in [1.165, 1.54) is 23.9 Å². The molecule has 1 aliphatic rings. The number of hydrogen-bond donors (Lipinski definition) is 3. The summed E-state index contributed by atoms with van der Waals surface area (Å²) >= 11 is 0. The highest BCUT2D eigenvalue weighted by Crippen LogP contribution is 2.29. The molecule has 0 amide bonds. The van der Waals surface area contributed by atoms with E-state index >= 15 is 0 Å². The fraction of sp³-hybridized carbons (Fsp3) is 0.318. The number of anilines is 1. The molecule has 2 aromatic heterocycles. The summed E-state index contributed by atoms with van der Waals surface area (Å²) in [6, 6.07) is 0. The van der Waals surface area contributed by atoms with Gasteiger partial charge in [-0.25, -0.2) is 9.07 Å². The highest BCUT2D eigenvalue weighted by atomic mass is 31.1. The molecule has 3 rings (SSSR count). The van der Waals surface area contributed by atoms with Crippen molar-refractivity contribution in [3.63, 3.8) is 0 Å². The van der Waals surface area contributed by atoms with Crippen LogP contribution in [0.15, 0.2) is 52.1 Å². The van der Waals surface area contributed by atoms with Gasteiger partial charge in [-0.05, 0) is 25.0 Å². The van der Waals surface area contributed by atoms with Gasteiger partial charge in [-0.1, -0.05) is 23.2 Å². The molecule has 0 aliphatic carbocycles. The van der Waals surface area contributed by atoms with E-state index in [0.29, 0.717) is 45.0 Å². The van der Waals surface area contributed by atoms with Gasteiger partial charge in [0.1, 0.15) is 5.83 Å². The maximum absolute atomic E-state index is 14.9. The summed E-state index contributed by atoms with van der Waals surface area (Å²) in [5.41, 5.74) is 14.9. The first-order valence-corrected chi connectivity index (χ1v) is 11.7. The topological polar surface area (TPSA) is 163 Å². The number of nitrogen functional groups attached to an aromatic ring is 1. The van der Waals surface area contributed by atoms with Crippen molar-refractivity contribution < 1.29 is 27.7 Å². The molecule has 1 aliphatic heterocycles. The Kier molecular flexibility index (Phi) is 8.13. The molecule has 5 N–H and O–H groups in total. The number of likely N-dealkylation sites (N-methyl/N-ethyl adjacent to an activating group) is 1. The van der Waals surface area contributed by atoms with Crippen LogP contribution < -0.4 is 22.1 Å². The second kappa shape index (κ2) is 10.9. The maximum atomic E-state index is 14.9. The second-order valence-electron chi connectivity index (χ2n) is 7.81. The number of carbonyl (C=O) groups excluding carboxylic acids is 1.